The van der Waals surface area contributed by atoms with E-state index < -0.39 is 107 Å². The third-order valence-corrected chi connectivity index (χ3v) is 17.9. The summed E-state index contributed by atoms with van der Waals surface area (Å²) in [6.07, 6.45) is -2.01. The van der Waals surface area contributed by atoms with Gasteiger partial charge >= 0.3 is 31.3 Å². The van der Waals surface area contributed by atoms with Crippen molar-refractivity contribution in [3.8, 4) is 34.5 Å². The molecule has 468 valence electrons. The second kappa shape index (κ2) is 22.3. The molecule has 0 spiro atoms. The van der Waals surface area contributed by atoms with Gasteiger partial charge in [0.25, 0.3) is 0 Å². The topological polar surface area (TPSA) is 168 Å². The lowest BCUT2D eigenvalue weighted by Crippen LogP contribution is -2.29. The van der Waals surface area contributed by atoms with Crippen molar-refractivity contribution in [3.63, 3.8) is 0 Å². The summed E-state index contributed by atoms with van der Waals surface area (Å²) in [5, 5.41) is 50.4. The Labute approximate surface area is 503 Å². The molecule has 12 bridgehead atoms. The first-order chi connectivity index (χ1) is 38.8. The highest BCUT2D eigenvalue weighted by molar-refractivity contribution is 7.88. The van der Waals surface area contributed by atoms with Gasteiger partial charge in [-0.1, -0.05) is 197 Å². The number of hydrogen-bond acceptors (Lipinski definition) is 10. The molecule has 0 unspecified atom stereocenters. The van der Waals surface area contributed by atoms with Crippen molar-refractivity contribution >= 4 is 20.2 Å². The van der Waals surface area contributed by atoms with Gasteiger partial charge in [-0.2, -0.15) is 43.2 Å². The van der Waals surface area contributed by atoms with Gasteiger partial charge < -0.3 is 28.8 Å². The highest BCUT2D eigenvalue weighted by Gasteiger charge is 2.50. The minimum absolute atomic E-state index is 0.0266. The van der Waals surface area contributed by atoms with Crippen molar-refractivity contribution in [2.45, 2.75) is 207 Å². The number of alkyl halides is 6. The average Bonchev–Trinajstić information content (AvgIpc) is 1.14. The molecule has 18 heteroatoms. The van der Waals surface area contributed by atoms with Gasteiger partial charge in [0.1, 0.15) is 34.5 Å². The first-order valence-corrected chi connectivity index (χ1v) is 31.3. The van der Waals surface area contributed by atoms with E-state index in [2.05, 4.69) is 0 Å². The van der Waals surface area contributed by atoms with Crippen LogP contribution in [0.2, 0.25) is 0 Å². The molecule has 0 atom stereocenters. The van der Waals surface area contributed by atoms with E-state index in [1.165, 1.54) is 24.3 Å². The molecule has 0 saturated heterocycles. The molecule has 0 aromatic heterocycles. The summed E-state index contributed by atoms with van der Waals surface area (Å²) in [6, 6.07) is 19.7. The lowest BCUT2D eigenvalue weighted by atomic mass is 9.79. The van der Waals surface area contributed by atoms with Crippen LogP contribution in [0.4, 0.5) is 26.3 Å². The zero-order chi connectivity index (χ0) is 65.0. The molecule has 0 saturated carbocycles. The molecule has 1 aliphatic carbocycles. The molecule has 0 fully saturated rings. The summed E-state index contributed by atoms with van der Waals surface area (Å²) in [6.45, 7) is 34.0. The van der Waals surface area contributed by atoms with Crippen molar-refractivity contribution in [1.82, 2.24) is 0 Å². The summed E-state index contributed by atoms with van der Waals surface area (Å²) in [4.78, 5) is 0. The maximum Gasteiger partial charge on any atom is 0.534 e. The smallest absolute Gasteiger partial charge is 0.507 e. The average molecular weight is 1240 g/mol. The van der Waals surface area contributed by atoms with Crippen molar-refractivity contribution in [3.05, 3.63) is 173 Å². The van der Waals surface area contributed by atoms with Crippen LogP contribution in [0, 0.1) is 0 Å². The molecular weight excluding hydrogens is 1150 g/mol. The van der Waals surface area contributed by atoms with Crippen LogP contribution in [0.15, 0.2) is 72.8 Å². The lowest BCUT2D eigenvalue weighted by molar-refractivity contribution is -0.0505. The SMILES string of the molecule is CC(C)(C)c1cc2c(O)c(c1)Cc1cc(C(C)(C)C)cc(c1O)Cc1cc(C(C)(C)C)cc(c1OS(=O)(=O)C(F)(F)F)Cc1cc(C(C)(C)C)cc(c1O)Cc1cc(C(C)(C)C)cc(c1OS(=O)(=O)C(F)(F)F)Cc1cc(C(C)(C)C)cc(c1O)C2. The maximum atomic E-state index is 14.7. The highest BCUT2D eigenvalue weighted by Crippen LogP contribution is 2.47. The van der Waals surface area contributed by atoms with E-state index in [1.54, 1.807) is 48.5 Å². The second-order valence-corrected chi connectivity index (χ2v) is 32.4. The number of phenolic OH excluding ortho intramolecular Hbond substituents is 4. The zero-order valence-corrected chi connectivity index (χ0v) is 54.1. The lowest BCUT2D eigenvalue weighted by Gasteiger charge is -2.27. The number of hydrogen-bond donors (Lipinski definition) is 4. The largest absolute Gasteiger partial charge is 0.534 e. The van der Waals surface area contributed by atoms with Crippen molar-refractivity contribution < 1.29 is 72.0 Å². The van der Waals surface area contributed by atoms with E-state index in [1.807, 2.05) is 125 Å². The molecule has 10 nitrogen and oxygen atoms in total. The van der Waals surface area contributed by atoms with Crippen LogP contribution < -0.4 is 8.37 Å². The first kappa shape index (κ1) is 67.1. The Balaban J connectivity index is 1.70. The van der Waals surface area contributed by atoms with Crippen LogP contribution in [-0.4, -0.2) is 48.3 Å². The Morgan fingerprint density at radius 2 is 0.407 bits per heavy atom. The highest BCUT2D eigenvalue weighted by atomic mass is 32.2. The molecule has 0 radical (unpaired) electrons. The normalized spacial score (nSPS) is 14.6. The van der Waals surface area contributed by atoms with Gasteiger partial charge in [-0.15, -0.1) is 0 Å². The molecule has 4 N–H and O–H groups in total. The van der Waals surface area contributed by atoms with E-state index >= 15 is 0 Å². The minimum Gasteiger partial charge on any atom is -0.507 e. The number of rotatable bonds is 4. The second-order valence-electron chi connectivity index (χ2n) is 29.3. The van der Waals surface area contributed by atoms with Crippen LogP contribution in [0.1, 0.15) is 225 Å². The van der Waals surface area contributed by atoms with Gasteiger partial charge in [0.15, 0.2) is 0 Å². The van der Waals surface area contributed by atoms with Crippen LogP contribution in [-0.2, 0) is 91.3 Å². The molecule has 6 aromatic carbocycles. The molecule has 1 aliphatic rings. The number of aromatic hydroxyl groups is 4. The molecule has 86 heavy (non-hydrogen) atoms. The number of phenols is 4. The summed E-state index contributed by atoms with van der Waals surface area (Å²) < 4.78 is 152. The Morgan fingerprint density at radius 1 is 0.279 bits per heavy atom. The first-order valence-electron chi connectivity index (χ1n) is 28.5. The molecule has 6 aromatic rings. The van der Waals surface area contributed by atoms with Gasteiger partial charge in [0, 0.05) is 60.8 Å². The zero-order valence-electron chi connectivity index (χ0n) is 52.5. The third-order valence-electron chi connectivity index (χ3n) is 16.0. The van der Waals surface area contributed by atoms with E-state index in [0.29, 0.717) is 50.1 Å². The van der Waals surface area contributed by atoms with E-state index in [-0.39, 0.29) is 74.6 Å². The fraction of sp³-hybridized carbons (Fsp3) is 0.471. The number of halogens is 6. The van der Waals surface area contributed by atoms with Gasteiger partial charge in [-0.25, -0.2) is 0 Å². The fourth-order valence-electron chi connectivity index (χ4n) is 10.5. The Morgan fingerprint density at radius 3 is 0.535 bits per heavy atom. The monoisotopic (exact) mass is 1240 g/mol. The van der Waals surface area contributed by atoms with Crippen LogP contribution in [0.5, 0.6) is 34.5 Å². The molecular formula is C68H82F6O10S2. The predicted molar refractivity (Wildman–Crippen MR) is 326 cm³/mol. The molecule has 0 amide bonds. The Hall–Kier alpha value is -6.40. The standard InChI is InChI=1S/C68H82F6O10S2/c1-61(2,3)49-25-37-19-39-27-50(62(4,5)6)29-41(56(39)76)21-45-33-53(65(13,14)15)35-47(59(45)83-85(79,80)67(69,70)71)23-43-31-52(64(10,11)12)32-44(58(43)78)24-48-36-54(66(16,17)18)34-46(60(48)84-86(81,82)68(72,73)74)22-42-30-51(63(7,8)9)28-40(57(42)77)20-38(26-49)55(37)75/h25-36,75-78H,19-24H2,1-18H3. The van der Waals surface area contributed by atoms with Crippen LogP contribution in [0.25, 0.3) is 0 Å². The fourth-order valence-corrected chi connectivity index (χ4v) is 11.6. The van der Waals surface area contributed by atoms with Crippen LogP contribution in [0.3, 0.4) is 0 Å². The van der Waals surface area contributed by atoms with E-state index in [4.69, 9.17) is 8.37 Å². The third kappa shape index (κ3) is 14.4. The van der Waals surface area contributed by atoms with Gasteiger partial charge in [0.05, 0.1) is 0 Å². The summed E-state index contributed by atoms with van der Waals surface area (Å²) in [5.41, 5.74) is -11.0. The quantitative estimate of drug-likeness (QED) is 0.0756. The van der Waals surface area contributed by atoms with E-state index in [0.717, 1.165) is 5.56 Å². The summed E-state index contributed by atoms with van der Waals surface area (Å²) in [7, 11) is -12.9. The van der Waals surface area contributed by atoms with Gasteiger partial charge in [-0.05, 0) is 110 Å². The Bertz CT molecular complexity index is 3640. The molecule has 0 aliphatic heterocycles. The summed E-state index contributed by atoms with van der Waals surface area (Å²) in [5.74, 6) is -2.73. The van der Waals surface area contributed by atoms with Crippen LogP contribution >= 0.6 is 0 Å². The number of benzene rings is 6. The van der Waals surface area contributed by atoms with Gasteiger partial charge in [0.2, 0.25) is 0 Å². The van der Waals surface area contributed by atoms with Gasteiger partial charge in [-0.3, -0.25) is 0 Å². The number of fused-ring (bicyclic) bond motifs is 12. The van der Waals surface area contributed by atoms with E-state index in [9.17, 15) is 63.6 Å². The van der Waals surface area contributed by atoms with Crippen molar-refractivity contribution in [1.29, 1.82) is 0 Å². The van der Waals surface area contributed by atoms with Crippen molar-refractivity contribution in [2.75, 3.05) is 0 Å². The molecule has 0 heterocycles. The minimum atomic E-state index is -6.43. The van der Waals surface area contributed by atoms with Crippen molar-refractivity contribution in [2.24, 2.45) is 0 Å². The molecule has 7 rings (SSSR count). The maximum absolute atomic E-state index is 14.7. The Kier molecular flexibility index (Phi) is 17.4. The summed E-state index contributed by atoms with van der Waals surface area (Å²) >= 11 is 0. The predicted octanol–water partition coefficient (Wildman–Crippen LogP) is 16.6.